The minimum absolute atomic E-state index is 0.0403. The van der Waals surface area contributed by atoms with Crippen LogP contribution in [-0.4, -0.2) is 48.1 Å². The summed E-state index contributed by atoms with van der Waals surface area (Å²) in [5.74, 6) is -4.96. The van der Waals surface area contributed by atoms with Crippen molar-refractivity contribution in [2.75, 3.05) is 13.1 Å². The molecular formula is C19H35F4NO. The van der Waals surface area contributed by atoms with Crippen LogP contribution >= 0.6 is 0 Å². The van der Waals surface area contributed by atoms with Gasteiger partial charge in [-0.1, -0.05) is 6.92 Å². The Morgan fingerprint density at radius 3 is 2.20 bits per heavy atom. The first-order chi connectivity index (χ1) is 11.5. The van der Waals surface area contributed by atoms with Crippen LogP contribution in [0.2, 0.25) is 0 Å². The van der Waals surface area contributed by atoms with Gasteiger partial charge in [0.1, 0.15) is 0 Å². The predicted molar refractivity (Wildman–Crippen MR) is 93.5 cm³/mol. The summed E-state index contributed by atoms with van der Waals surface area (Å²) in [5, 5.41) is 0. The average Bonchev–Trinajstić information content (AvgIpc) is 2.72. The molecule has 0 bridgehead atoms. The lowest BCUT2D eigenvalue weighted by Crippen LogP contribution is -2.35. The van der Waals surface area contributed by atoms with E-state index in [2.05, 4.69) is 18.7 Å². The molecule has 2 unspecified atom stereocenters. The van der Waals surface area contributed by atoms with Gasteiger partial charge in [0.2, 0.25) is 5.92 Å². The van der Waals surface area contributed by atoms with Gasteiger partial charge in [-0.05, 0) is 59.4 Å². The van der Waals surface area contributed by atoms with E-state index in [1.54, 1.807) is 0 Å². The lowest BCUT2D eigenvalue weighted by molar-refractivity contribution is -0.117. The summed E-state index contributed by atoms with van der Waals surface area (Å²) in [5.41, 5.74) is 0. The average molecular weight is 369 g/mol. The molecule has 0 N–H and O–H groups in total. The fourth-order valence-electron chi connectivity index (χ4n) is 3.25. The van der Waals surface area contributed by atoms with Crippen molar-refractivity contribution in [3.05, 3.63) is 0 Å². The standard InChI is InChI=1S/C15H27F2NO.C4H8F2/c1-12(2)18-9-4-6-13(7-10-18)19-14-5-3-8-15(16,17)11-14;1-3-4(2,5)6/h12-14H,3-11H2,1-2H3;3H2,1-2H3. The molecule has 0 radical (unpaired) electrons. The number of ether oxygens (including phenoxy) is 1. The maximum absolute atomic E-state index is 13.4. The number of rotatable bonds is 4. The fraction of sp³-hybridized carbons (Fsp3) is 1.00. The Hall–Kier alpha value is -0.360. The molecule has 1 aliphatic heterocycles. The van der Waals surface area contributed by atoms with Crippen LogP contribution in [0.25, 0.3) is 0 Å². The van der Waals surface area contributed by atoms with E-state index in [4.69, 9.17) is 4.74 Å². The number of hydrogen-bond acceptors (Lipinski definition) is 2. The van der Waals surface area contributed by atoms with Gasteiger partial charge in [-0.25, -0.2) is 17.6 Å². The van der Waals surface area contributed by atoms with Crippen molar-refractivity contribution in [1.29, 1.82) is 0 Å². The zero-order valence-corrected chi connectivity index (χ0v) is 16.2. The van der Waals surface area contributed by atoms with Crippen molar-refractivity contribution in [3.63, 3.8) is 0 Å². The van der Waals surface area contributed by atoms with E-state index in [0.717, 1.165) is 45.7 Å². The minimum Gasteiger partial charge on any atom is -0.375 e. The van der Waals surface area contributed by atoms with Crippen molar-refractivity contribution >= 4 is 0 Å². The van der Waals surface area contributed by atoms with Crippen LogP contribution in [0.4, 0.5) is 17.6 Å². The molecule has 1 aliphatic carbocycles. The second-order valence-corrected chi connectivity index (χ2v) is 7.82. The predicted octanol–water partition coefficient (Wildman–Crippen LogP) is 5.90. The summed E-state index contributed by atoms with van der Waals surface area (Å²) in [6, 6.07) is 0.567. The first-order valence-electron chi connectivity index (χ1n) is 9.67. The summed E-state index contributed by atoms with van der Waals surface area (Å²) >= 11 is 0. The molecule has 2 rings (SSSR count). The summed E-state index contributed by atoms with van der Waals surface area (Å²) in [4.78, 5) is 2.46. The molecule has 1 heterocycles. The Balaban J connectivity index is 0.000000450. The molecule has 2 aliphatic rings. The first-order valence-corrected chi connectivity index (χ1v) is 9.67. The van der Waals surface area contributed by atoms with Gasteiger partial charge in [0.25, 0.3) is 5.92 Å². The van der Waals surface area contributed by atoms with Gasteiger partial charge in [-0.2, -0.15) is 0 Å². The largest absolute Gasteiger partial charge is 0.375 e. The molecule has 1 saturated heterocycles. The van der Waals surface area contributed by atoms with Gasteiger partial charge in [0, 0.05) is 31.8 Å². The van der Waals surface area contributed by atoms with Crippen LogP contribution in [0.3, 0.4) is 0 Å². The van der Waals surface area contributed by atoms with Crippen molar-refractivity contribution in [2.45, 2.75) is 109 Å². The SMILES string of the molecule is CC(C)N1CCCC(OC2CCCC(F)(F)C2)CC1.CCC(C)(F)F. The maximum Gasteiger partial charge on any atom is 0.250 e. The minimum atomic E-state index is -2.50. The van der Waals surface area contributed by atoms with Gasteiger partial charge in [0.05, 0.1) is 12.2 Å². The van der Waals surface area contributed by atoms with E-state index < -0.39 is 11.8 Å². The molecule has 0 amide bonds. The maximum atomic E-state index is 13.4. The highest BCUT2D eigenvalue weighted by Gasteiger charge is 2.37. The molecular weight excluding hydrogens is 334 g/mol. The molecule has 2 nitrogen and oxygen atoms in total. The van der Waals surface area contributed by atoms with Crippen molar-refractivity contribution < 1.29 is 22.3 Å². The number of hydrogen-bond donors (Lipinski definition) is 0. The van der Waals surface area contributed by atoms with Crippen LogP contribution in [0.15, 0.2) is 0 Å². The second kappa shape index (κ2) is 10.1. The van der Waals surface area contributed by atoms with E-state index >= 15 is 0 Å². The number of nitrogens with zero attached hydrogens (tertiary/aromatic N) is 1. The van der Waals surface area contributed by atoms with Gasteiger partial charge in [0.15, 0.2) is 0 Å². The fourth-order valence-corrected chi connectivity index (χ4v) is 3.25. The quantitative estimate of drug-likeness (QED) is 0.573. The number of likely N-dealkylation sites (tertiary alicyclic amines) is 1. The van der Waals surface area contributed by atoms with E-state index in [1.165, 1.54) is 6.92 Å². The third kappa shape index (κ3) is 9.78. The Labute approximate surface area is 150 Å². The Bertz CT molecular complexity index is 371. The van der Waals surface area contributed by atoms with E-state index in [0.29, 0.717) is 12.5 Å². The lowest BCUT2D eigenvalue weighted by atomic mass is 9.94. The van der Waals surface area contributed by atoms with Crippen molar-refractivity contribution in [3.8, 4) is 0 Å². The van der Waals surface area contributed by atoms with Crippen molar-refractivity contribution in [2.24, 2.45) is 0 Å². The molecule has 2 fully saturated rings. The van der Waals surface area contributed by atoms with Gasteiger partial charge in [-0.15, -0.1) is 0 Å². The summed E-state index contributed by atoms with van der Waals surface area (Å²) in [6.45, 7) is 8.93. The van der Waals surface area contributed by atoms with E-state index in [9.17, 15) is 17.6 Å². The number of halogens is 4. The first kappa shape index (κ1) is 22.7. The highest BCUT2D eigenvalue weighted by atomic mass is 19.3. The van der Waals surface area contributed by atoms with E-state index in [1.807, 2.05) is 0 Å². The zero-order valence-electron chi connectivity index (χ0n) is 16.2. The smallest absolute Gasteiger partial charge is 0.250 e. The summed E-state index contributed by atoms with van der Waals surface area (Å²) in [6.07, 6.45) is 4.39. The Morgan fingerprint density at radius 1 is 1.08 bits per heavy atom. The van der Waals surface area contributed by atoms with Gasteiger partial charge >= 0.3 is 0 Å². The molecule has 25 heavy (non-hydrogen) atoms. The highest BCUT2D eigenvalue weighted by molar-refractivity contribution is 4.81. The Morgan fingerprint density at radius 2 is 1.68 bits per heavy atom. The topological polar surface area (TPSA) is 12.5 Å². The Kier molecular flexibility index (Phi) is 9.16. The monoisotopic (exact) mass is 369 g/mol. The molecule has 0 aromatic carbocycles. The molecule has 6 heteroatoms. The normalized spacial score (nSPS) is 28.2. The third-order valence-electron chi connectivity index (χ3n) is 5.04. The van der Waals surface area contributed by atoms with Gasteiger partial charge in [-0.3, -0.25) is 0 Å². The lowest BCUT2D eigenvalue weighted by Gasteiger charge is -2.31. The van der Waals surface area contributed by atoms with Crippen LogP contribution in [0.5, 0.6) is 0 Å². The summed E-state index contributed by atoms with van der Waals surface area (Å²) < 4.78 is 55.6. The van der Waals surface area contributed by atoms with Crippen LogP contribution in [0.1, 0.15) is 79.1 Å². The summed E-state index contributed by atoms with van der Waals surface area (Å²) in [7, 11) is 0. The van der Waals surface area contributed by atoms with Crippen molar-refractivity contribution in [1.82, 2.24) is 4.90 Å². The van der Waals surface area contributed by atoms with Crippen LogP contribution in [-0.2, 0) is 4.74 Å². The molecule has 0 aromatic heterocycles. The highest BCUT2D eigenvalue weighted by Crippen LogP contribution is 2.35. The third-order valence-corrected chi connectivity index (χ3v) is 5.04. The molecule has 0 aromatic rings. The molecule has 1 saturated carbocycles. The van der Waals surface area contributed by atoms with Crippen LogP contribution < -0.4 is 0 Å². The molecule has 150 valence electrons. The van der Waals surface area contributed by atoms with E-state index in [-0.39, 0.29) is 31.5 Å². The van der Waals surface area contributed by atoms with Crippen LogP contribution in [0, 0.1) is 0 Å². The number of alkyl halides is 4. The zero-order chi connectivity index (χ0) is 19.1. The van der Waals surface area contributed by atoms with Gasteiger partial charge < -0.3 is 9.64 Å². The molecule has 2 atom stereocenters. The second-order valence-electron chi connectivity index (χ2n) is 7.82. The molecule has 0 spiro atoms.